The predicted octanol–water partition coefficient (Wildman–Crippen LogP) is 1.98. The summed E-state index contributed by atoms with van der Waals surface area (Å²) in [6, 6.07) is 15.0. The van der Waals surface area contributed by atoms with Gasteiger partial charge >= 0.3 is 18.9 Å². The van der Waals surface area contributed by atoms with Crippen LogP contribution in [0.3, 0.4) is 0 Å². The number of nitrogens with zero attached hydrogens (tertiary/aromatic N) is 2. The Labute approximate surface area is 144 Å². The summed E-state index contributed by atoms with van der Waals surface area (Å²) in [6.45, 7) is 1.88. The van der Waals surface area contributed by atoms with Gasteiger partial charge in [-0.15, -0.1) is 0 Å². The SMILES string of the molecule is C/C=C1/[N-]c2ccccc2C(=O)N1c1ccccc1Br.[Li+]. The summed E-state index contributed by atoms with van der Waals surface area (Å²) in [7, 11) is 0. The van der Waals surface area contributed by atoms with E-state index in [-0.39, 0.29) is 24.8 Å². The van der Waals surface area contributed by atoms with Crippen LogP contribution >= 0.6 is 15.9 Å². The van der Waals surface area contributed by atoms with Crippen LogP contribution < -0.4 is 23.8 Å². The van der Waals surface area contributed by atoms with Gasteiger partial charge in [-0.05, 0) is 24.4 Å². The van der Waals surface area contributed by atoms with E-state index < -0.39 is 0 Å². The normalized spacial score (nSPS) is 15.2. The molecule has 0 aliphatic carbocycles. The minimum atomic E-state index is -0.0596. The van der Waals surface area contributed by atoms with Crippen LogP contribution in [0.25, 0.3) is 5.32 Å². The molecule has 1 heterocycles. The van der Waals surface area contributed by atoms with Gasteiger partial charge in [-0.3, -0.25) is 4.79 Å². The van der Waals surface area contributed by atoms with E-state index in [4.69, 9.17) is 0 Å². The molecule has 0 radical (unpaired) electrons. The molecule has 0 saturated heterocycles. The van der Waals surface area contributed by atoms with E-state index in [1.807, 2.05) is 55.5 Å². The molecule has 1 amide bonds. The molecule has 0 unspecified atom stereocenters. The zero-order valence-electron chi connectivity index (χ0n) is 11.9. The fourth-order valence-electron chi connectivity index (χ4n) is 2.21. The maximum Gasteiger partial charge on any atom is 1.00 e. The molecule has 1 aliphatic heterocycles. The number of fused-ring (bicyclic) bond motifs is 1. The number of para-hydroxylation sites is 2. The monoisotopic (exact) mass is 334 g/mol. The summed E-state index contributed by atoms with van der Waals surface area (Å²) in [4.78, 5) is 14.4. The Balaban J connectivity index is 0.00000161. The summed E-state index contributed by atoms with van der Waals surface area (Å²) in [5.41, 5.74) is 2.13. The van der Waals surface area contributed by atoms with Crippen LogP contribution in [-0.2, 0) is 0 Å². The Morgan fingerprint density at radius 2 is 1.76 bits per heavy atom. The summed E-state index contributed by atoms with van der Waals surface area (Å²) in [5.74, 6) is 0.580. The van der Waals surface area contributed by atoms with Crippen molar-refractivity contribution in [2.45, 2.75) is 6.92 Å². The molecule has 100 valence electrons. The van der Waals surface area contributed by atoms with Gasteiger partial charge in [-0.2, -0.15) is 0 Å². The number of halogens is 1. The van der Waals surface area contributed by atoms with E-state index in [1.165, 1.54) is 0 Å². The van der Waals surface area contributed by atoms with Crippen molar-refractivity contribution >= 4 is 33.2 Å². The van der Waals surface area contributed by atoms with Crippen LogP contribution in [0.4, 0.5) is 11.4 Å². The Hall–Kier alpha value is -1.47. The molecule has 3 rings (SSSR count). The average molecular weight is 335 g/mol. The first-order chi connectivity index (χ1) is 9.72. The molecule has 5 heteroatoms. The maximum absolute atomic E-state index is 12.7. The van der Waals surface area contributed by atoms with Gasteiger partial charge in [0.05, 0.1) is 0 Å². The molecule has 0 atom stereocenters. The molecule has 0 aromatic heterocycles. The van der Waals surface area contributed by atoms with Crippen LogP contribution in [0.2, 0.25) is 0 Å². The molecule has 2 aromatic carbocycles. The maximum atomic E-state index is 12.7. The van der Waals surface area contributed by atoms with Gasteiger partial charge in [0.2, 0.25) is 0 Å². The van der Waals surface area contributed by atoms with E-state index in [9.17, 15) is 4.79 Å². The molecule has 21 heavy (non-hydrogen) atoms. The molecule has 2 aromatic rings. The van der Waals surface area contributed by atoms with Crippen molar-refractivity contribution in [3.63, 3.8) is 0 Å². The second-order valence-electron chi connectivity index (χ2n) is 4.37. The van der Waals surface area contributed by atoms with E-state index in [0.29, 0.717) is 17.1 Å². The van der Waals surface area contributed by atoms with E-state index in [1.54, 1.807) is 11.0 Å². The molecule has 1 aliphatic rings. The standard InChI is InChI=1S/C16H13BrN2O.Li/c1-2-15-18-13-9-5-3-7-11(13)16(20)19(15)14-10-6-4-8-12(14)17;/h2-10H,1H3,(H,18,20);/q;+1/p-1/b15-2-;. The molecule has 0 fully saturated rings. The van der Waals surface area contributed by atoms with Crippen LogP contribution in [-0.4, -0.2) is 5.91 Å². The zero-order chi connectivity index (χ0) is 14.1. The third-order valence-electron chi connectivity index (χ3n) is 3.15. The van der Waals surface area contributed by atoms with Crippen LogP contribution in [0.15, 0.2) is 64.9 Å². The number of carbonyl (C=O) groups excluding carboxylic acids is 1. The number of hydrogen-bond donors (Lipinski definition) is 0. The van der Waals surface area contributed by atoms with Gasteiger partial charge in [0.25, 0.3) is 0 Å². The topological polar surface area (TPSA) is 34.4 Å². The fraction of sp³-hybridized carbons (Fsp3) is 0.0625. The van der Waals surface area contributed by atoms with Crippen molar-refractivity contribution in [3.8, 4) is 0 Å². The minimum absolute atomic E-state index is 0. The largest absolute Gasteiger partial charge is 1.00 e. The predicted molar refractivity (Wildman–Crippen MR) is 84.2 cm³/mol. The molecule has 0 N–H and O–H groups in total. The van der Waals surface area contributed by atoms with Crippen LogP contribution in [0.1, 0.15) is 17.3 Å². The van der Waals surface area contributed by atoms with Gasteiger partial charge in [0.15, 0.2) is 5.91 Å². The third-order valence-corrected chi connectivity index (χ3v) is 3.82. The third kappa shape index (κ3) is 2.80. The first-order valence-corrected chi connectivity index (χ1v) is 7.07. The Morgan fingerprint density at radius 1 is 1.10 bits per heavy atom. The van der Waals surface area contributed by atoms with Crippen molar-refractivity contribution in [1.82, 2.24) is 0 Å². The Kier molecular flexibility index (Phi) is 4.95. The second-order valence-corrected chi connectivity index (χ2v) is 5.22. The molecule has 3 nitrogen and oxygen atoms in total. The first-order valence-electron chi connectivity index (χ1n) is 6.28. The minimum Gasteiger partial charge on any atom is -0.435 e. The quantitative estimate of drug-likeness (QED) is 0.734. The first kappa shape index (κ1) is 15.9. The fourth-order valence-corrected chi connectivity index (χ4v) is 2.67. The van der Waals surface area contributed by atoms with Crippen LogP contribution in [0, 0.1) is 0 Å². The summed E-state index contributed by atoms with van der Waals surface area (Å²) in [5, 5.41) is 4.56. The van der Waals surface area contributed by atoms with Crippen molar-refractivity contribution in [3.05, 3.63) is 75.8 Å². The van der Waals surface area contributed by atoms with E-state index >= 15 is 0 Å². The van der Waals surface area contributed by atoms with Crippen molar-refractivity contribution < 1.29 is 23.7 Å². The second kappa shape index (κ2) is 6.53. The molecule has 0 bridgehead atoms. The number of benzene rings is 2. The number of hydrogen-bond acceptors (Lipinski definition) is 1. The van der Waals surface area contributed by atoms with Gasteiger partial charge in [0, 0.05) is 10.0 Å². The smallest absolute Gasteiger partial charge is 0.435 e. The van der Waals surface area contributed by atoms with Gasteiger partial charge in [0.1, 0.15) is 0 Å². The summed E-state index contributed by atoms with van der Waals surface area (Å²) < 4.78 is 0.863. The van der Waals surface area contributed by atoms with Crippen LogP contribution in [0.5, 0.6) is 0 Å². The number of rotatable bonds is 1. The Bertz CT molecular complexity index is 715. The number of carbonyl (C=O) groups is 1. The number of anilines is 1. The van der Waals surface area contributed by atoms with E-state index in [0.717, 1.165) is 10.2 Å². The van der Waals surface area contributed by atoms with Crippen molar-refractivity contribution in [1.29, 1.82) is 0 Å². The summed E-state index contributed by atoms with van der Waals surface area (Å²) >= 11 is 3.49. The molecule has 0 spiro atoms. The molecular weight excluding hydrogens is 323 g/mol. The van der Waals surface area contributed by atoms with Gasteiger partial charge in [-0.1, -0.05) is 70.3 Å². The van der Waals surface area contributed by atoms with Crippen molar-refractivity contribution in [2.75, 3.05) is 4.90 Å². The number of amides is 1. The molecule has 0 saturated carbocycles. The van der Waals surface area contributed by atoms with Gasteiger partial charge < -0.3 is 10.2 Å². The number of allylic oxidation sites excluding steroid dienone is 1. The zero-order valence-corrected chi connectivity index (χ0v) is 13.5. The van der Waals surface area contributed by atoms with Crippen molar-refractivity contribution in [2.24, 2.45) is 0 Å². The average Bonchev–Trinajstić information content (AvgIpc) is 2.48. The summed E-state index contributed by atoms with van der Waals surface area (Å²) in [6.07, 6.45) is 1.84. The van der Waals surface area contributed by atoms with E-state index in [2.05, 4.69) is 21.2 Å². The molecular formula is C16H12BrLiN2O. The van der Waals surface area contributed by atoms with Gasteiger partial charge in [-0.25, -0.2) is 0 Å². The Morgan fingerprint density at radius 3 is 2.48 bits per heavy atom.